The van der Waals surface area contributed by atoms with Crippen molar-refractivity contribution in [2.45, 2.75) is 32.1 Å². The molecule has 3 rings (SSSR count). The van der Waals surface area contributed by atoms with E-state index in [4.69, 9.17) is 4.74 Å². The van der Waals surface area contributed by atoms with Crippen molar-refractivity contribution in [2.24, 2.45) is 11.8 Å². The summed E-state index contributed by atoms with van der Waals surface area (Å²) in [7, 11) is 1.64. The number of ether oxygens (including phenoxy) is 1. The molecule has 0 heterocycles. The van der Waals surface area contributed by atoms with E-state index in [9.17, 15) is 9.59 Å². The molecule has 2 aromatic rings. The number of hydrogen-bond acceptors (Lipinski definition) is 4. The Kier molecular flexibility index (Phi) is 10.1. The number of amides is 2. The van der Waals surface area contributed by atoms with Crippen LogP contribution in [-0.2, 0) is 4.79 Å². The number of methoxy groups -OCH3 is 1. The SMILES string of the molecule is COc1ccc(NCCNC(=O)C(CNC(=O)c2cc(Br)cc(Br)c2)C2CCCCC2)cc1. The molecule has 0 saturated heterocycles. The molecule has 33 heavy (non-hydrogen) atoms. The average molecular weight is 581 g/mol. The van der Waals surface area contributed by atoms with Crippen molar-refractivity contribution in [3.8, 4) is 5.75 Å². The van der Waals surface area contributed by atoms with Gasteiger partial charge in [0.05, 0.1) is 13.0 Å². The second kappa shape index (κ2) is 13.0. The van der Waals surface area contributed by atoms with Crippen LogP contribution in [0.2, 0.25) is 0 Å². The lowest BCUT2D eigenvalue weighted by atomic mass is 9.79. The van der Waals surface area contributed by atoms with Gasteiger partial charge in [0.2, 0.25) is 5.91 Å². The van der Waals surface area contributed by atoms with Gasteiger partial charge in [-0.05, 0) is 61.2 Å². The van der Waals surface area contributed by atoms with Crippen LogP contribution in [0.1, 0.15) is 42.5 Å². The summed E-state index contributed by atoms with van der Waals surface area (Å²) in [5.41, 5.74) is 1.53. The van der Waals surface area contributed by atoms with Crippen LogP contribution in [0.3, 0.4) is 0 Å². The van der Waals surface area contributed by atoms with Gasteiger partial charge in [0.25, 0.3) is 5.91 Å². The average Bonchev–Trinajstić information content (AvgIpc) is 2.82. The molecule has 1 saturated carbocycles. The van der Waals surface area contributed by atoms with Gasteiger partial charge in [-0.25, -0.2) is 0 Å². The molecule has 2 aromatic carbocycles. The zero-order valence-electron chi connectivity index (χ0n) is 18.8. The van der Waals surface area contributed by atoms with Crippen LogP contribution in [0, 0.1) is 11.8 Å². The Bertz CT molecular complexity index is 911. The maximum absolute atomic E-state index is 13.1. The minimum atomic E-state index is -0.231. The first kappa shape index (κ1) is 25.6. The van der Waals surface area contributed by atoms with E-state index in [1.807, 2.05) is 30.3 Å². The van der Waals surface area contributed by atoms with E-state index < -0.39 is 0 Å². The van der Waals surface area contributed by atoms with Gasteiger partial charge in [-0.3, -0.25) is 9.59 Å². The van der Waals surface area contributed by atoms with Crippen molar-refractivity contribution < 1.29 is 14.3 Å². The number of carbonyl (C=O) groups is 2. The van der Waals surface area contributed by atoms with E-state index in [0.717, 1.165) is 46.1 Å². The normalized spacial score (nSPS) is 14.9. The topological polar surface area (TPSA) is 79.5 Å². The third-order valence-electron chi connectivity index (χ3n) is 6.01. The molecular formula is C25H31Br2N3O3. The summed E-state index contributed by atoms with van der Waals surface area (Å²) >= 11 is 6.84. The molecule has 0 bridgehead atoms. The van der Waals surface area contributed by atoms with Crippen molar-refractivity contribution >= 4 is 49.4 Å². The summed E-state index contributed by atoms with van der Waals surface area (Å²) < 4.78 is 6.82. The fourth-order valence-electron chi connectivity index (χ4n) is 4.23. The highest BCUT2D eigenvalue weighted by atomic mass is 79.9. The lowest BCUT2D eigenvalue weighted by molar-refractivity contribution is -0.126. The monoisotopic (exact) mass is 579 g/mol. The first-order valence-electron chi connectivity index (χ1n) is 11.4. The zero-order chi connectivity index (χ0) is 23.6. The van der Waals surface area contributed by atoms with Crippen molar-refractivity contribution in [3.63, 3.8) is 0 Å². The van der Waals surface area contributed by atoms with E-state index in [1.54, 1.807) is 19.2 Å². The van der Waals surface area contributed by atoms with Gasteiger partial charge in [0.15, 0.2) is 0 Å². The number of benzene rings is 2. The minimum absolute atomic E-state index is 0.00848. The second-order valence-corrected chi connectivity index (χ2v) is 10.2. The fraction of sp³-hybridized carbons (Fsp3) is 0.440. The van der Waals surface area contributed by atoms with Gasteiger partial charge in [0.1, 0.15) is 5.75 Å². The lowest BCUT2D eigenvalue weighted by Gasteiger charge is -2.29. The molecule has 1 unspecified atom stereocenters. The molecule has 0 spiro atoms. The van der Waals surface area contributed by atoms with Crippen molar-refractivity contribution in [1.82, 2.24) is 10.6 Å². The van der Waals surface area contributed by atoms with Gasteiger partial charge < -0.3 is 20.7 Å². The van der Waals surface area contributed by atoms with E-state index in [-0.39, 0.29) is 17.7 Å². The highest BCUT2D eigenvalue weighted by molar-refractivity contribution is 9.11. The van der Waals surface area contributed by atoms with E-state index in [0.29, 0.717) is 31.1 Å². The number of halogens is 2. The van der Waals surface area contributed by atoms with E-state index >= 15 is 0 Å². The molecular weight excluding hydrogens is 550 g/mol. The Morgan fingerprint density at radius 1 is 0.970 bits per heavy atom. The van der Waals surface area contributed by atoms with Crippen LogP contribution in [0.4, 0.5) is 5.69 Å². The molecule has 1 aliphatic rings. The van der Waals surface area contributed by atoms with Crippen molar-refractivity contribution in [1.29, 1.82) is 0 Å². The molecule has 2 amide bonds. The molecule has 8 heteroatoms. The van der Waals surface area contributed by atoms with Crippen molar-refractivity contribution in [2.75, 3.05) is 32.1 Å². The zero-order valence-corrected chi connectivity index (χ0v) is 22.0. The Balaban J connectivity index is 1.53. The maximum Gasteiger partial charge on any atom is 0.251 e. The van der Waals surface area contributed by atoms with Gasteiger partial charge >= 0.3 is 0 Å². The Hall–Kier alpha value is -2.06. The first-order chi connectivity index (χ1) is 16.0. The number of rotatable bonds is 10. The first-order valence-corrected chi connectivity index (χ1v) is 12.9. The predicted octanol–water partition coefficient (Wildman–Crippen LogP) is 5.37. The number of anilines is 1. The molecule has 0 aliphatic heterocycles. The summed E-state index contributed by atoms with van der Waals surface area (Å²) in [6, 6.07) is 13.1. The Morgan fingerprint density at radius 3 is 2.27 bits per heavy atom. The largest absolute Gasteiger partial charge is 0.497 e. The van der Waals surface area contributed by atoms with Crippen LogP contribution in [-0.4, -0.2) is 38.6 Å². The van der Waals surface area contributed by atoms with Crippen LogP contribution >= 0.6 is 31.9 Å². The lowest BCUT2D eigenvalue weighted by Crippen LogP contribution is -2.44. The third-order valence-corrected chi connectivity index (χ3v) is 6.92. The quantitative estimate of drug-likeness (QED) is 0.330. The van der Waals surface area contributed by atoms with E-state index in [2.05, 4.69) is 47.8 Å². The highest BCUT2D eigenvalue weighted by Gasteiger charge is 2.29. The van der Waals surface area contributed by atoms with Crippen LogP contribution in [0.15, 0.2) is 51.4 Å². The molecule has 0 aromatic heterocycles. The van der Waals surface area contributed by atoms with E-state index in [1.165, 1.54) is 6.42 Å². The summed E-state index contributed by atoms with van der Waals surface area (Å²) in [5, 5.41) is 9.36. The van der Waals surface area contributed by atoms with Crippen molar-refractivity contribution in [3.05, 3.63) is 57.0 Å². The Labute approximate surface area is 212 Å². The molecule has 1 fully saturated rings. The van der Waals surface area contributed by atoms with Crippen LogP contribution in [0.5, 0.6) is 5.75 Å². The summed E-state index contributed by atoms with van der Waals surface area (Å²) in [6.07, 6.45) is 5.55. The van der Waals surface area contributed by atoms with Gasteiger partial charge in [-0.2, -0.15) is 0 Å². The van der Waals surface area contributed by atoms with Crippen LogP contribution < -0.4 is 20.7 Å². The fourth-order valence-corrected chi connectivity index (χ4v) is 5.53. The standard InChI is InChI=1S/C25H31Br2N3O3/c1-33-22-9-7-21(8-10-22)28-11-12-29-25(32)23(17-5-3-2-4-6-17)16-30-24(31)18-13-19(26)15-20(27)14-18/h7-10,13-15,17,23,28H,2-6,11-12,16H2,1H3,(H,29,32)(H,30,31). The van der Waals surface area contributed by atoms with Gasteiger partial charge in [0, 0.05) is 39.8 Å². The molecule has 0 radical (unpaired) electrons. The number of hydrogen-bond donors (Lipinski definition) is 3. The van der Waals surface area contributed by atoms with Gasteiger partial charge in [-0.15, -0.1) is 0 Å². The second-order valence-electron chi connectivity index (χ2n) is 8.32. The molecule has 3 N–H and O–H groups in total. The highest BCUT2D eigenvalue weighted by Crippen LogP contribution is 2.30. The summed E-state index contributed by atoms with van der Waals surface area (Å²) in [6.45, 7) is 1.47. The molecule has 6 nitrogen and oxygen atoms in total. The Morgan fingerprint density at radius 2 is 1.64 bits per heavy atom. The molecule has 1 atom stereocenters. The number of nitrogens with one attached hydrogen (secondary N) is 3. The summed E-state index contributed by atoms with van der Waals surface area (Å²) in [5.74, 6) is 0.705. The predicted molar refractivity (Wildman–Crippen MR) is 139 cm³/mol. The number of carbonyl (C=O) groups excluding carboxylic acids is 2. The summed E-state index contributed by atoms with van der Waals surface area (Å²) in [4.78, 5) is 25.8. The van der Waals surface area contributed by atoms with Crippen LogP contribution in [0.25, 0.3) is 0 Å². The molecule has 178 valence electrons. The molecule has 1 aliphatic carbocycles. The van der Waals surface area contributed by atoms with Gasteiger partial charge in [-0.1, -0.05) is 51.1 Å². The minimum Gasteiger partial charge on any atom is -0.497 e. The maximum atomic E-state index is 13.1. The third kappa shape index (κ3) is 8.03. The smallest absolute Gasteiger partial charge is 0.251 e.